The lowest BCUT2D eigenvalue weighted by Gasteiger charge is -2.11. The molecule has 56 valence electrons. The Balaban J connectivity index is 3.16. The molecule has 1 nitrogen and oxygen atoms in total. The summed E-state index contributed by atoms with van der Waals surface area (Å²) in [6.07, 6.45) is 3.62. The van der Waals surface area contributed by atoms with Gasteiger partial charge in [0.25, 0.3) is 0 Å². The van der Waals surface area contributed by atoms with E-state index in [9.17, 15) is 0 Å². The topological polar surface area (TPSA) is 20.2 Å². The molecule has 0 aromatic carbocycles. The van der Waals surface area contributed by atoms with E-state index in [1.807, 2.05) is 0 Å². The predicted octanol–water partition coefficient (Wildman–Crippen LogP) is 2.57. The highest BCUT2D eigenvalue weighted by Crippen LogP contribution is 2.16. The summed E-state index contributed by atoms with van der Waals surface area (Å²) < 4.78 is -0.158. The summed E-state index contributed by atoms with van der Waals surface area (Å²) in [6.45, 7) is 4.26. The lowest BCUT2D eigenvalue weighted by Crippen LogP contribution is -2.08. The average Bonchev–Trinajstić information content (AvgIpc) is 1.82. The minimum atomic E-state index is -0.158. The van der Waals surface area contributed by atoms with E-state index in [0.29, 0.717) is 5.92 Å². The van der Waals surface area contributed by atoms with Crippen molar-refractivity contribution in [3.05, 3.63) is 0 Å². The smallest absolute Gasteiger partial charge is 0.107 e. The van der Waals surface area contributed by atoms with Crippen LogP contribution in [0.1, 0.15) is 33.1 Å². The highest BCUT2D eigenvalue weighted by molar-refractivity contribution is 14.1. The largest absolute Gasteiger partial charge is 0.382 e. The predicted molar refractivity (Wildman–Crippen MR) is 48.7 cm³/mol. The molecule has 0 aromatic rings. The van der Waals surface area contributed by atoms with Crippen LogP contribution in [-0.4, -0.2) is 9.22 Å². The van der Waals surface area contributed by atoms with E-state index in [2.05, 4.69) is 36.4 Å². The quantitative estimate of drug-likeness (QED) is 0.593. The van der Waals surface area contributed by atoms with E-state index in [4.69, 9.17) is 5.11 Å². The molecule has 0 radical (unpaired) electrons. The molecule has 0 spiro atoms. The number of rotatable bonds is 4. The van der Waals surface area contributed by atoms with Gasteiger partial charge in [0.1, 0.15) is 4.11 Å². The van der Waals surface area contributed by atoms with Crippen molar-refractivity contribution in [3.63, 3.8) is 0 Å². The summed E-state index contributed by atoms with van der Waals surface area (Å²) >= 11 is 2.06. The number of hydrogen-bond acceptors (Lipinski definition) is 1. The minimum absolute atomic E-state index is 0.158. The van der Waals surface area contributed by atoms with Crippen molar-refractivity contribution in [2.24, 2.45) is 5.92 Å². The zero-order chi connectivity index (χ0) is 7.28. The Morgan fingerprint density at radius 1 is 1.56 bits per heavy atom. The van der Waals surface area contributed by atoms with Crippen molar-refractivity contribution in [2.45, 2.75) is 37.2 Å². The highest BCUT2D eigenvalue weighted by Gasteiger charge is 2.07. The molecule has 0 unspecified atom stereocenters. The highest BCUT2D eigenvalue weighted by atomic mass is 127. The SMILES string of the molecule is CCCC[C@@H](C)[C@@H](O)I. The van der Waals surface area contributed by atoms with E-state index >= 15 is 0 Å². The molecule has 0 bridgehead atoms. The van der Waals surface area contributed by atoms with Crippen molar-refractivity contribution in [1.82, 2.24) is 0 Å². The van der Waals surface area contributed by atoms with Gasteiger partial charge in [0, 0.05) is 0 Å². The summed E-state index contributed by atoms with van der Waals surface area (Å²) in [5.74, 6) is 0.463. The summed E-state index contributed by atoms with van der Waals surface area (Å²) in [5, 5.41) is 9.03. The van der Waals surface area contributed by atoms with Crippen molar-refractivity contribution >= 4 is 22.6 Å². The summed E-state index contributed by atoms with van der Waals surface area (Å²) in [4.78, 5) is 0. The maximum absolute atomic E-state index is 9.03. The third-order valence-electron chi connectivity index (χ3n) is 1.48. The number of unbranched alkanes of at least 4 members (excludes halogenated alkanes) is 1. The molecule has 0 rings (SSSR count). The van der Waals surface area contributed by atoms with Crippen LogP contribution in [-0.2, 0) is 0 Å². The fourth-order valence-electron chi connectivity index (χ4n) is 0.664. The zero-order valence-corrected chi connectivity index (χ0v) is 8.26. The molecule has 0 heterocycles. The monoisotopic (exact) mass is 242 g/mol. The Morgan fingerprint density at radius 3 is 2.44 bits per heavy atom. The normalized spacial score (nSPS) is 17.3. The zero-order valence-electron chi connectivity index (χ0n) is 6.10. The fraction of sp³-hybridized carbons (Fsp3) is 1.00. The standard InChI is InChI=1S/C7H15IO/c1-3-4-5-6(2)7(8)9/h6-7,9H,3-5H2,1-2H3/t6-,7-/m1/s1. The molecule has 0 aliphatic carbocycles. The van der Waals surface area contributed by atoms with Gasteiger partial charge in [0.05, 0.1) is 0 Å². The van der Waals surface area contributed by atoms with Crippen LogP contribution in [0, 0.1) is 5.92 Å². The van der Waals surface area contributed by atoms with E-state index < -0.39 is 0 Å². The number of aliphatic hydroxyl groups is 1. The van der Waals surface area contributed by atoms with E-state index in [1.165, 1.54) is 12.8 Å². The number of halogens is 1. The Labute approximate surface area is 71.0 Å². The van der Waals surface area contributed by atoms with Crippen LogP contribution in [0.15, 0.2) is 0 Å². The molecule has 0 saturated heterocycles. The molecule has 0 aliphatic heterocycles. The Hall–Kier alpha value is 0.690. The van der Waals surface area contributed by atoms with Gasteiger partial charge in [-0.2, -0.15) is 0 Å². The van der Waals surface area contributed by atoms with Crippen LogP contribution in [0.25, 0.3) is 0 Å². The molecule has 1 N–H and O–H groups in total. The van der Waals surface area contributed by atoms with Gasteiger partial charge in [-0.25, -0.2) is 0 Å². The van der Waals surface area contributed by atoms with Crippen LogP contribution in [0.3, 0.4) is 0 Å². The van der Waals surface area contributed by atoms with Crippen molar-refractivity contribution < 1.29 is 5.11 Å². The molecule has 0 saturated carbocycles. The summed E-state index contributed by atoms with van der Waals surface area (Å²) in [5.41, 5.74) is 0. The van der Waals surface area contributed by atoms with Crippen molar-refractivity contribution in [3.8, 4) is 0 Å². The molecule has 0 amide bonds. The van der Waals surface area contributed by atoms with Gasteiger partial charge < -0.3 is 5.11 Å². The molecule has 9 heavy (non-hydrogen) atoms. The van der Waals surface area contributed by atoms with Crippen molar-refractivity contribution in [1.29, 1.82) is 0 Å². The lowest BCUT2D eigenvalue weighted by molar-refractivity contribution is 0.209. The van der Waals surface area contributed by atoms with Crippen LogP contribution in [0.4, 0.5) is 0 Å². The van der Waals surface area contributed by atoms with Gasteiger partial charge in [-0.1, -0.05) is 49.3 Å². The Morgan fingerprint density at radius 2 is 2.11 bits per heavy atom. The van der Waals surface area contributed by atoms with E-state index in [1.54, 1.807) is 0 Å². The molecule has 0 fully saturated rings. The van der Waals surface area contributed by atoms with Crippen LogP contribution in [0.5, 0.6) is 0 Å². The number of aliphatic hydroxyl groups excluding tert-OH is 1. The minimum Gasteiger partial charge on any atom is -0.382 e. The first-order valence-electron chi connectivity index (χ1n) is 3.50. The van der Waals surface area contributed by atoms with E-state index in [0.717, 1.165) is 6.42 Å². The van der Waals surface area contributed by atoms with Gasteiger partial charge in [0.2, 0.25) is 0 Å². The van der Waals surface area contributed by atoms with Gasteiger partial charge in [-0.05, 0) is 12.3 Å². The number of alkyl halides is 1. The van der Waals surface area contributed by atoms with Crippen molar-refractivity contribution in [2.75, 3.05) is 0 Å². The molecule has 2 atom stereocenters. The lowest BCUT2D eigenvalue weighted by atomic mass is 10.1. The summed E-state index contributed by atoms with van der Waals surface area (Å²) in [7, 11) is 0. The first kappa shape index (κ1) is 9.69. The van der Waals surface area contributed by atoms with Gasteiger partial charge in [0.15, 0.2) is 0 Å². The molecule has 0 aliphatic rings. The second-order valence-corrected chi connectivity index (χ2v) is 3.77. The maximum atomic E-state index is 9.03. The van der Waals surface area contributed by atoms with E-state index in [-0.39, 0.29) is 4.11 Å². The Kier molecular flexibility index (Phi) is 5.89. The van der Waals surface area contributed by atoms with Crippen LogP contribution in [0.2, 0.25) is 0 Å². The average molecular weight is 242 g/mol. The van der Waals surface area contributed by atoms with Gasteiger partial charge in [-0.15, -0.1) is 0 Å². The third kappa shape index (κ3) is 5.15. The first-order chi connectivity index (χ1) is 4.18. The fourth-order valence-corrected chi connectivity index (χ4v) is 1.02. The van der Waals surface area contributed by atoms with Crippen LogP contribution >= 0.6 is 22.6 Å². The molecular formula is C7H15IO. The molecule has 2 heteroatoms. The second kappa shape index (κ2) is 5.47. The molecule has 0 aromatic heterocycles. The van der Waals surface area contributed by atoms with Crippen LogP contribution < -0.4 is 0 Å². The maximum Gasteiger partial charge on any atom is 0.107 e. The summed E-state index contributed by atoms with van der Waals surface area (Å²) in [6, 6.07) is 0. The van der Waals surface area contributed by atoms with Gasteiger partial charge in [-0.3, -0.25) is 0 Å². The second-order valence-electron chi connectivity index (χ2n) is 2.49. The third-order valence-corrected chi connectivity index (χ3v) is 2.71. The number of hydrogen-bond donors (Lipinski definition) is 1. The molecular weight excluding hydrogens is 227 g/mol. The first-order valence-corrected chi connectivity index (χ1v) is 4.75. The van der Waals surface area contributed by atoms with Gasteiger partial charge >= 0.3 is 0 Å². The Bertz CT molecular complexity index is 63.9.